The Bertz CT molecular complexity index is 1060. The lowest BCUT2D eigenvalue weighted by Gasteiger charge is -2.30. The monoisotopic (exact) mass is 482 g/mol. The predicted octanol–water partition coefficient (Wildman–Crippen LogP) is 3.06. The van der Waals surface area contributed by atoms with Crippen molar-refractivity contribution in [3.8, 4) is 17.1 Å². The molecule has 9 nitrogen and oxygen atoms in total. The van der Waals surface area contributed by atoms with Gasteiger partial charge < -0.3 is 19.5 Å². The highest BCUT2D eigenvalue weighted by molar-refractivity contribution is 7.05. The number of rotatable bonds is 8. The molecule has 2 saturated heterocycles. The number of nitrogens with zero attached hydrogens (tertiary/aromatic N) is 5. The van der Waals surface area contributed by atoms with Crippen LogP contribution in [0.25, 0.3) is 11.4 Å². The van der Waals surface area contributed by atoms with E-state index in [2.05, 4.69) is 35.7 Å². The first kappa shape index (κ1) is 22.8. The molecule has 1 unspecified atom stereocenters. The maximum absolute atomic E-state index is 12.8. The summed E-state index contributed by atoms with van der Waals surface area (Å²) in [7, 11) is 1.64. The maximum atomic E-state index is 12.8. The number of methoxy groups -OCH3 is 1. The van der Waals surface area contributed by atoms with Crippen LogP contribution in [0.1, 0.15) is 24.1 Å². The van der Waals surface area contributed by atoms with E-state index in [4.69, 9.17) is 9.26 Å². The molecule has 0 spiro atoms. The van der Waals surface area contributed by atoms with Crippen LogP contribution >= 0.6 is 11.5 Å². The number of carbonyl (C=O) groups is 1. The minimum atomic E-state index is 0.0370. The molecule has 10 heteroatoms. The second-order valence-electron chi connectivity index (χ2n) is 9.00. The molecule has 0 radical (unpaired) electrons. The fourth-order valence-corrected chi connectivity index (χ4v) is 5.31. The van der Waals surface area contributed by atoms with Crippen molar-refractivity contribution in [1.82, 2.24) is 24.7 Å². The van der Waals surface area contributed by atoms with Gasteiger partial charge in [-0.25, -0.2) is 4.37 Å². The summed E-state index contributed by atoms with van der Waals surface area (Å²) in [5.41, 5.74) is 0.877. The van der Waals surface area contributed by atoms with Gasteiger partial charge in [0.25, 0.3) is 0 Å². The van der Waals surface area contributed by atoms with Crippen LogP contribution < -0.4 is 15.0 Å². The molecule has 1 atom stereocenters. The highest BCUT2D eigenvalue weighted by Crippen LogP contribution is 2.26. The Labute approximate surface area is 203 Å². The van der Waals surface area contributed by atoms with E-state index in [1.807, 2.05) is 30.5 Å². The van der Waals surface area contributed by atoms with E-state index in [1.165, 1.54) is 4.88 Å². The molecule has 2 aromatic heterocycles. The molecule has 0 aliphatic carbocycles. The van der Waals surface area contributed by atoms with Crippen molar-refractivity contribution in [3.05, 3.63) is 41.4 Å². The summed E-state index contributed by atoms with van der Waals surface area (Å²) in [6.07, 6.45) is 4.56. The standard InChI is InChI=1S/C24H30N6O3S/c1-32-20-4-2-18(3-5-20)22-27-24(33-28-22)30-12-8-19(9-13-30)23(31)25-14-17-7-11-29(15-17)16-21-6-10-26-34-21/h2-6,10,17,19H,7-9,11-16H2,1H3,(H,25,31). The number of hydrogen-bond acceptors (Lipinski definition) is 9. The Balaban J connectivity index is 1.05. The number of anilines is 1. The van der Waals surface area contributed by atoms with Gasteiger partial charge >= 0.3 is 6.01 Å². The average molecular weight is 483 g/mol. The number of aromatic nitrogens is 3. The van der Waals surface area contributed by atoms with Gasteiger partial charge in [-0.1, -0.05) is 5.16 Å². The van der Waals surface area contributed by atoms with Crippen LogP contribution in [0.2, 0.25) is 0 Å². The molecule has 180 valence electrons. The Morgan fingerprint density at radius 2 is 2.00 bits per heavy atom. The number of ether oxygens (including phenoxy) is 1. The van der Waals surface area contributed by atoms with E-state index in [9.17, 15) is 4.79 Å². The third-order valence-electron chi connectivity index (χ3n) is 6.71. The lowest BCUT2D eigenvalue weighted by atomic mass is 9.96. The minimum Gasteiger partial charge on any atom is -0.497 e. The van der Waals surface area contributed by atoms with E-state index in [1.54, 1.807) is 18.6 Å². The molecule has 1 amide bonds. The number of nitrogens with one attached hydrogen (secondary N) is 1. The number of hydrogen-bond donors (Lipinski definition) is 1. The summed E-state index contributed by atoms with van der Waals surface area (Å²) in [6, 6.07) is 10.2. The lowest BCUT2D eigenvalue weighted by molar-refractivity contribution is -0.125. The zero-order valence-electron chi connectivity index (χ0n) is 19.4. The summed E-state index contributed by atoms with van der Waals surface area (Å²) in [4.78, 5) is 23.1. The van der Waals surface area contributed by atoms with Crippen LogP contribution in [0, 0.1) is 11.8 Å². The smallest absolute Gasteiger partial charge is 0.324 e. The first-order chi connectivity index (χ1) is 16.7. The molecule has 1 aromatic carbocycles. The van der Waals surface area contributed by atoms with Crippen LogP contribution in [0.4, 0.5) is 6.01 Å². The normalized spacial score (nSPS) is 19.4. The predicted molar refractivity (Wildman–Crippen MR) is 130 cm³/mol. The van der Waals surface area contributed by atoms with Crippen molar-refractivity contribution in [2.75, 3.05) is 44.7 Å². The van der Waals surface area contributed by atoms with Crippen LogP contribution in [-0.2, 0) is 11.3 Å². The lowest BCUT2D eigenvalue weighted by Crippen LogP contribution is -2.42. The molecule has 1 N–H and O–H groups in total. The molecule has 2 aliphatic heterocycles. The number of piperidine rings is 1. The molecule has 2 aliphatic rings. The zero-order valence-corrected chi connectivity index (χ0v) is 20.2. The van der Waals surface area contributed by atoms with Crippen LogP contribution in [0.5, 0.6) is 5.75 Å². The summed E-state index contributed by atoms with van der Waals surface area (Å²) in [5.74, 6) is 2.07. The van der Waals surface area contributed by atoms with Crippen molar-refractivity contribution in [2.45, 2.75) is 25.8 Å². The largest absolute Gasteiger partial charge is 0.497 e. The second-order valence-corrected chi connectivity index (χ2v) is 9.92. The van der Waals surface area contributed by atoms with E-state index < -0.39 is 0 Å². The fraction of sp³-hybridized carbons (Fsp3) is 0.500. The number of amides is 1. The van der Waals surface area contributed by atoms with E-state index in [0.717, 1.165) is 69.8 Å². The molecule has 3 aromatic rings. The summed E-state index contributed by atoms with van der Waals surface area (Å²) >= 11 is 1.56. The van der Waals surface area contributed by atoms with Gasteiger partial charge in [-0.05, 0) is 73.6 Å². The van der Waals surface area contributed by atoms with Gasteiger partial charge in [0.15, 0.2) is 0 Å². The molecule has 5 rings (SSSR count). The number of likely N-dealkylation sites (tertiary alicyclic amines) is 1. The summed E-state index contributed by atoms with van der Waals surface area (Å²) < 4.78 is 14.9. The first-order valence-corrected chi connectivity index (χ1v) is 12.6. The average Bonchev–Trinajstić information content (AvgIpc) is 3.66. The maximum Gasteiger partial charge on any atom is 0.324 e. The van der Waals surface area contributed by atoms with Crippen molar-refractivity contribution in [1.29, 1.82) is 0 Å². The van der Waals surface area contributed by atoms with Crippen LogP contribution in [0.15, 0.2) is 41.1 Å². The highest BCUT2D eigenvalue weighted by Gasteiger charge is 2.29. The number of benzene rings is 1. The van der Waals surface area contributed by atoms with Gasteiger partial charge in [0.2, 0.25) is 11.7 Å². The van der Waals surface area contributed by atoms with Crippen molar-refractivity contribution >= 4 is 23.5 Å². The SMILES string of the molecule is COc1ccc(-c2noc(N3CCC(C(=O)NCC4CCN(Cc5ccns5)C4)CC3)n2)cc1. The Morgan fingerprint density at radius 3 is 2.74 bits per heavy atom. The summed E-state index contributed by atoms with van der Waals surface area (Å²) in [5, 5.41) is 7.33. The van der Waals surface area contributed by atoms with Gasteiger partial charge in [0, 0.05) is 55.3 Å². The van der Waals surface area contributed by atoms with Gasteiger partial charge in [-0.2, -0.15) is 4.98 Å². The third kappa shape index (κ3) is 5.39. The fourth-order valence-electron chi connectivity index (χ4n) is 4.69. The van der Waals surface area contributed by atoms with E-state index in [-0.39, 0.29) is 11.8 Å². The zero-order chi connectivity index (χ0) is 23.3. The molecule has 2 fully saturated rings. The molecule has 0 bridgehead atoms. The first-order valence-electron chi connectivity index (χ1n) is 11.8. The minimum absolute atomic E-state index is 0.0370. The summed E-state index contributed by atoms with van der Waals surface area (Å²) in [6.45, 7) is 5.29. The molecule has 34 heavy (non-hydrogen) atoms. The Kier molecular flexibility index (Phi) is 7.05. The number of carbonyl (C=O) groups excluding carboxylic acids is 1. The third-order valence-corrected chi connectivity index (χ3v) is 7.43. The van der Waals surface area contributed by atoms with E-state index >= 15 is 0 Å². The van der Waals surface area contributed by atoms with Crippen LogP contribution in [-0.4, -0.2) is 65.2 Å². The van der Waals surface area contributed by atoms with Crippen molar-refractivity contribution < 1.29 is 14.1 Å². The molecule has 0 saturated carbocycles. The molecule has 4 heterocycles. The van der Waals surface area contributed by atoms with Gasteiger partial charge in [0.05, 0.1) is 7.11 Å². The Hall–Kier alpha value is -2.98. The highest BCUT2D eigenvalue weighted by atomic mass is 32.1. The van der Waals surface area contributed by atoms with Gasteiger partial charge in [-0.15, -0.1) is 0 Å². The molecular weight excluding hydrogens is 452 g/mol. The van der Waals surface area contributed by atoms with E-state index in [0.29, 0.717) is 17.8 Å². The van der Waals surface area contributed by atoms with Crippen molar-refractivity contribution in [3.63, 3.8) is 0 Å². The van der Waals surface area contributed by atoms with Gasteiger partial charge in [0.1, 0.15) is 5.75 Å². The Morgan fingerprint density at radius 1 is 1.18 bits per heavy atom. The van der Waals surface area contributed by atoms with Crippen molar-refractivity contribution in [2.24, 2.45) is 11.8 Å². The topological polar surface area (TPSA) is 96.6 Å². The second kappa shape index (κ2) is 10.5. The quantitative estimate of drug-likeness (QED) is 0.523. The van der Waals surface area contributed by atoms with Gasteiger partial charge in [-0.3, -0.25) is 9.69 Å². The van der Waals surface area contributed by atoms with Crippen LogP contribution in [0.3, 0.4) is 0 Å². The molecular formula is C24H30N6O3S.